The van der Waals surface area contributed by atoms with Gasteiger partial charge < -0.3 is 14.4 Å². The summed E-state index contributed by atoms with van der Waals surface area (Å²) in [4.78, 5) is 9.05. The third kappa shape index (κ3) is 4.79. The van der Waals surface area contributed by atoms with Crippen molar-refractivity contribution in [2.75, 3.05) is 40.3 Å². The molecule has 4 rings (SSSR count). The van der Waals surface area contributed by atoms with Gasteiger partial charge in [0.25, 0.3) is 0 Å². The minimum Gasteiger partial charge on any atom is -0.493 e. The summed E-state index contributed by atoms with van der Waals surface area (Å²) >= 11 is 0. The third-order valence-electron chi connectivity index (χ3n) is 5.27. The van der Waals surface area contributed by atoms with Gasteiger partial charge in [0.2, 0.25) is 0 Å². The largest absolute Gasteiger partial charge is 0.493 e. The van der Waals surface area contributed by atoms with Crippen molar-refractivity contribution in [3.05, 3.63) is 53.3 Å². The molecule has 0 aliphatic carbocycles. The molecular weight excluding hydrogens is 338 g/mol. The van der Waals surface area contributed by atoms with Gasteiger partial charge in [-0.25, -0.2) is 0 Å². The van der Waals surface area contributed by atoms with E-state index in [-0.39, 0.29) is 6.10 Å². The number of hydrogen-bond donors (Lipinski definition) is 0. The summed E-state index contributed by atoms with van der Waals surface area (Å²) in [5.74, 6) is 2.01. The first-order valence-electron chi connectivity index (χ1n) is 9.89. The highest BCUT2D eigenvalue weighted by atomic mass is 16.5. The van der Waals surface area contributed by atoms with Crippen LogP contribution in [0.25, 0.3) is 0 Å². The molecule has 1 fully saturated rings. The minimum atomic E-state index is 0.271. The van der Waals surface area contributed by atoms with Gasteiger partial charge in [0.1, 0.15) is 17.6 Å². The lowest BCUT2D eigenvalue weighted by Gasteiger charge is -2.17. The molecule has 2 aliphatic heterocycles. The number of likely N-dealkylation sites (tertiary alicyclic amines) is 1. The monoisotopic (exact) mass is 367 g/mol. The maximum Gasteiger partial charge on any atom is 0.123 e. The first kappa shape index (κ1) is 18.3. The van der Waals surface area contributed by atoms with Gasteiger partial charge in [-0.05, 0) is 50.2 Å². The zero-order valence-electron chi connectivity index (χ0n) is 16.4. The first-order valence-corrected chi connectivity index (χ1v) is 9.89. The second-order valence-corrected chi connectivity index (χ2v) is 7.84. The Morgan fingerprint density at radius 1 is 1.26 bits per heavy atom. The van der Waals surface area contributed by atoms with Gasteiger partial charge in [-0.15, -0.1) is 0 Å². The quantitative estimate of drug-likeness (QED) is 0.752. The van der Waals surface area contributed by atoms with Crippen LogP contribution in [0.15, 0.2) is 36.5 Å². The second-order valence-electron chi connectivity index (χ2n) is 7.84. The molecule has 5 nitrogen and oxygen atoms in total. The van der Waals surface area contributed by atoms with E-state index in [4.69, 9.17) is 9.47 Å². The summed E-state index contributed by atoms with van der Waals surface area (Å²) in [5.41, 5.74) is 3.82. The summed E-state index contributed by atoms with van der Waals surface area (Å²) in [6, 6.07) is 10.7. The van der Waals surface area contributed by atoms with E-state index in [1.165, 1.54) is 11.1 Å². The Bertz CT molecular complexity index is 778. The van der Waals surface area contributed by atoms with Crippen LogP contribution in [-0.4, -0.2) is 61.2 Å². The Hall–Kier alpha value is -2.11. The molecule has 2 aliphatic rings. The number of rotatable bonds is 7. The highest BCUT2D eigenvalue weighted by molar-refractivity contribution is 5.39. The molecule has 1 unspecified atom stereocenters. The van der Waals surface area contributed by atoms with Crippen LogP contribution in [0.3, 0.4) is 0 Å². The number of pyridine rings is 1. The van der Waals surface area contributed by atoms with Gasteiger partial charge in [0.15, 0.2) is 0 Å². The number of nitrogens with zero attached hydrogens (tertiary/aromatic N) is 3. The van der Waals surface area contributed by atoms with Crippen molar-refractivity contribution in [1.82, 2.24) is 14.8 Å². The lowest BCUT2D eigenvalue weighted by molar-refractivity contribution is 0.200. The van der Waals surface area contributed by atoms with E-state index in [0.717, 1.165) is 69.2 Å². The highest BCUT2D eigenvalue weighted by Crippen LogP contribution is 2.26. The molecule has 5 heteroatoms. The van der Waals surface area contributed by atoms with Crippen LogP contribution < -0.4 is 9.47 Å². The van der Waals surface area contributed by atoms with E-state index in [9.17, 15) is 0 Å². The lowest BCUT2D eigenvalue weighted by atomic mass is 10.1. The van der Waals surface area contributed by atoms with Crippen molar-refractivity contribution < 1.29 is 9.47 Å². The van der Waals surface area contributed by atoms with Gasteiger partial charge in [0.05, 0.1) is 12.3 Å². The van der Waals surface area contributed by atoms with E-state index in [1.807, 2.05) is 12.3 Å². The molecule has 1 aromatic carbocycles. The fourth-order valence-corrected chi connectivity index (χ4v) is 3.91. The van der Waals surface area contributed by atoms with E-state index in [0.29, 0.717) is 0 Å². The number of ether oxygens (including phenoxy) is 2. The van der Waals surface area contributed by atoms with Gasteiger partial charge in [0, 0.05) is 44.9 Å². The Morgan fingerprint density at radius 3 is 3.07 bits per heavy atom. The Kier molecular flexibility index (Phi) is 5.60. The summed E-state index contributed by atoms with van der Waals surface area (Å²) in [6.07, 6.45) is 5.34. The zero-order valence-corrected chi connectivity index (χ0v) is 16.4. The normalized spacial score (nSPS) is 19.3. The average Bonchev–Trinajstić information content (AvgIpc) is 3.28. The van der Waals surface area contributed by atoms with Crippen LogP contribution in [0.4, 0.5) is 0 Å². The molecule has 1 saturated heterocycles. The molecule has 0 N–H and O–H groups in total. The number of aromatic nitrogens is 1. The van der Waals surface area contributed by atoms with Gasteiger partial charge >= 0.3 is 0 Å². The predicted octanol–water partition coefficient (Wildman–Crippen LogP) is 2.77. The summed E-state index contributed by atoms with van der Waals surface area (Å²) in [6.45, 7) is 4.85. The SMILES string of the molecule is CN(C)Cc1cc(OC2CCN(CCc3ccc4c(c3)CCO4)C2)ccn1. The molecule has 2 aromatic rings. The maximum absolute atomic E-state index is 6.22. The molecule has 0 spiro atoms. The van der Waals surface area contributed by atoms with E-state index in [1.54, 1.807) is 0 Å². The molecule has 0 bridgehead atoms. The smallest absolute Gasteiger partial charge is 0.123 e. The fourth-order valence-electron chi connectivity index (χ4n) is 3.91. The number of fused-ring (bicyclic) bond motifs is 1. The van der Waals surface area contributed by atoms with Crippen LogP contribution in [0.5, 0.6) is 11.5 Å². The fraction of sp³-hybridized carbons (Fsp3) is 0.500. The zero-order chi connectivity index (χ0) is 18.6. The van der Waals surface area contributed by atoms with Crippen molar-refractivity contribution in [2.24, 2.45) is 0 Å². The highest BCUT2D eigenvalue weighted by Gasteiger charge is 2.24. The molecule has 3 heterocycles. The standard InChI is InChI=1S/C22H29N3O2/c1-24(2)15-19-14-20(5-9-23-19)27-21-7-11-25(16-21)10-6-17-3-4-22-18(13-17)8-12-26-22/h3-5,9,13-14,21H,6-8,10-12,15-16H2,1-2H3. The van der Waals surface area contributed by atoms with E-state index >= 15 is 0 Å². The molecule has 0 saturated carbocycles. The molecule has 1 atom stereocenters. The van der Waals surface area contributed by atoms with E-state index < -0.39 is 0 Å². The average molecular weight is 367 g/mol. The van der Waals surface area contributed by atoms with Gasteiger partial charge in [-0.2, -0.15) is 0 Å². The minimum absolute atomic E-state index is 0.271. The van der Waals surface area contributed by atoms with Crippen molar-refractivity contribution in [2.45, 2.75) is 31.9 Å². The van der Waals surface area contributed by atoms with Crippen LogP contribution in [0.1, 0.15) is 23.2 Å². The van der Waals surface area contributed by atoms with E-state index in [2.05, 4.69) is 53.1 Å². The third-order valence-corrected chi connectivity index (χ3v) is 5.27. The van der Waals surface area contributed by atoms with Crippen molar-refractivity contribution in [1.29, 1.82) is 0 Å². The van der Waals surface area contributed by atoms with Crippen molar-refractivity contribution in [3.63, 3.8) is 0 Å². The molecule has 1 aromatic heterocycles. The van der Waals surface area contributed by atoms with Crippen molar-refractivity contribution >= 4 is 0 Å². The van der Waals surface area contributed by atoms with Gasteiger partial charge in [-0.3, -0.25) is 9.88 Å². The topological polar surface area (TPSA) is 37.8 Å². The number of hydrogen-bond acceptors (Lipinski definition) is 5. The van der Waals surface area contributed by atoms with Crippen LogP contribution >= 0.6 is 0 Å². The molecule has 144 valence electrons. The van der Waals surface area contributed by atoms with Gasteiger partial charge in [-0.1, -0.05) is 12.1 Å². The molecule has 27 heavy (non-hydrogen) atoms. The lowest BCUT2D eigenvalue weighted by Crippen LogP contribution is -2.26. The molecule has 0 amide bonds. The second kappa shape index (κ2) is 8.28. The Balaban J connectivity index is 1.26. The van der Waals surface area contributed by atoms with Crippen LogP contribution in [-0.2, 0) is 19.4 Å². The Morgan fingerprint density at radius 2 is 2.19 bits per heavy atom. The first-order chi connectivity index (χ1) is 13.2. The number of benzene rings is 1. The summed E-state index contributed by atoms with van der Waals surface area (Å²) < 4.78 is 11.8. The molecular formula is C22H29N3O2. The summed E-state index contributed by atoms with van der Waals surface area (Å²) in [7, 11) is 4.11. The summed E-state index contributed by atoms with van der Waals surface area (Å²) in [5, 5.41) is 0. The molecule has 0 radical (unpaired) electrons. The maximum atomic E-state index is 6.22. The van der Waals surface area contributed by atoms with Crippen LogP contribution in [0, 0.1) is 0 Å². The Labute approximate surface area is 161 Å². The predicted molar refractivity (Wildman–Crippen MR) is 106 cm³/mol. The van der Waals surface area contributed by atoms with Crippen molar-refractivity contribution in [3.8, 4) is 11.5 Å². The van der Waals surface area contributed by atoms with Crippen LogP contribution in [0.2, 0.25) is 0 Å².